The Morgan fingerprint density at radius 1 is 1.16 bits per heavy atom. The average molecular weight is 335 g/mol. The van der Waals surface area contributed by atoms with Crippen LogP contribution < -0.4 is 10.1 Å². The summed E-state index contributed by atoms with van der Waals surface area (Å²) < 4.78 is 7.14. The predicted molar refractivity (Wildman–Crippen MR) is 96.6 cm³/mol. The summed E-state index contributed by atoms with van der Waals surface area (Å²) in [6.07, 6.45) is 5.44. The zero-order valence-electron chi connectivity index (χ0n) is 14.3. The summed E-state index contributed by atoms with van der Waals surface area (Å²) in [5.74, 6) is 0.716. The van der Waals surface area contributed by atoms with E-state index in [1.807, 2.05) is 66.2 Å². The van der Waals surface area contributed by atoms with Crippen LogP contribution in [0.5, 0.6) is 5.75 Å². The van der Waals surface area contributed by atoms with E-state index in [1.54, 1.807) is 19.6 Å². The van der Waals surface area contributed by atoms with Crippen molar-refractivity contribution >= 4 is 5.91 Å². The highest BCUT2D eigenvalue weighted by atomic mass is 16.5. The van der Waals surface area contributed by atoms with Crippen LogP contribution in [0.15, 0.2) is 67.3 Å². The van der Waals surface area contributed by atoms with E-state index in [0.29, 0.717) is 5.56 Å². The maximum atomic E-state index is 12.4. The van der Waals surface area contributed by atoms with Crippen molar-refractivity contribution < 1.29 is 9.53 Å². The number of benzene rings is 2. The van der Waals surface area contributed by atoms with E-state index in [2.05, 4.69) is 10.3 Å². The monoisotopic (exact) mass is 335 g/mol. The summed E-state index contributed by atoms with van der Waals surface area (Å²) in [5.41, 5.74) is 2.80. The van der Waals surface area contributed by atoms with Gasteiger partial charge in [-0.05, 0) is 42.3 Å². The fraction of sp³-hybridized carbons (Fsp3) is 0.200. The molecule has 5 heteroatoms. The van der Waals surface area contributed by atoms with Crippen molar-refractivity contribution in [3.05, 3.63) is 83.9 Å². The third-order valence-electron chi connectivity index (χ3n) is 4.10. The number of hydrogen-bond acceptors (Lipinski definition) is 3. The minimum atomic E-state index is -0.0856. The highest BCUT2D eigenvalue weighted by Crippen LogP contribution is 2.18. The molecule has 0 spiro atoms. The van der Waals surface area contributed by atoms with Crippen LogP contribution in [0.25, 0.3) is 0 Å². The number of rotatable bonds is 6. The second kappa shape index (κ2) is 7.66. The number of nitrogens with one attached hydrogen (secondary N) is 1. The van der Waals surface area contributed by atoms with Gasteiger partial charge in [-0.1, -0.05) is 24.3 Å². The van der Waals surface area contributed by atoms with Crippen molar-refractivity contribution in [3.63, 3.8) is 0 Å². The average Bonchev–Trinajstić information content (AvgIpc) is 3.15. The first-order valence-corrected chi connectivity index (χ1v) is 8.15. The first-order valence-electron chi connectivity index (χ1n) is 8.15. The maximum absolute atomic E-state index is 12.4. The molecule has 1 amide bonds. The van der Waals surface area contributed by atoms with Crippen molar-refractivity contribution in [1.29, 1.82) is 0 Å². The van der Waals surface area contributed by atoms with E-state index in [-0.39, 0.29) is 11.9 Å². The van der Waals surface area contributed by atoms with Crippen molar-refractivity contribution in [2.45, 2.75) is 19.5 Å². The molecule has 0 radical (unpaired) electrons. The summed E-state index contributed by atoms with van der Waals surface area (Å²) in [7, 11) is 1.64. The second-order valence-electron chi connectivity index (χ2n) is 5.90. The summed E-state index contributed by atoms with van der Waals surface area (Å²) in [4.78, 5) is 16.5. The number of ether oxygens (including phenoxy) is 1. The predicted octanol–water partition coefficient (Wildman–Crippen LogP) is 3.43. The fourth-order valence-corrected chi connectivity index (χ4v) is 2.61. The first-order chi connectivity index (χ1) is 12.2. The fourth-order valence-electron chi connectivity index (χ4n) is 2.61. The van der Waals surface area contributed by atoms with Gasteiger partial charge in [0.05, 0.1) is 19.5 Å². The minimum absolute atomic E-state index is 0.0796. The molecule has 0 aliphatic heterocycles. The van der Waals surface area contributed by atoms with Gasteiger partial charge in [0, 0.05) is 24.5 Å². The molecule has 0 aliphatic rings. The number of imidazole rings is 1. The Labute approximate surface area is 147 Å². The van der Waals surface area contributed by atoms with Gasteiger partial charge in [0.15, 0.2) is 0 Å². The highest BCUT2D eigenvalue weighted by molar-refractivity contribution is 5.94. The lowest BCUT2D eigenvalue weighted by molar-refractivity contribution is 0.0940. The van der Waals surface area contributed by atoms with Gasteiger partial charge in [-0.25, -0.2) is 4.98 Å². The quantitative estimate of drug-likeness (QED) is 0.751. The molecule has 3 rings (SSSR count). The molecule has 0 saturated heterocycles. The highest BCUT2D eigenvalue weighted by Gasteiger charge is 2.11. The number of hydrogen-bond donors (Lipinski definition) is 1. The van der Waals surface area contributed by atoms with Gasteiger partial charge in [0.25, 0.3) is 5.91 Å². The van der Waals surface area contributed by atoms with Gasteiger partial charge in [-0.2, -0.15) is 0 Å². The van der Waals surface area contributed by atoms with Crippen LogP contribution in [0.1, 0.15) is 34.5 Å². The molecule has 128 valence electrons. The Bertz CT molecular complexity index is 809. The molecule has 0 fully saturated rings. The van der Waals surface area contributed by atoms with Crippen LogP contribution in [0.4, 0.5) is 0 Å². The van der Waals surface area contributed by atoms with Crippen molar-refractivity contribution in [2.24, 2.45) is 0 Å². The summed E-state index contributed by atoms with van der Waals surface area (Å²) >= 11 is 0. The lowest BCUT2D eigenvalue weighted by Gasteiger charge is -2.15. The standard InChI is InChI=1S/C20H21N3O2/c1-15(17-7-9-19(25-2)10-8-17)22-20(24)18-5-3-16(4-6-18)13-23-12-11-21-14-23/h3-12,14-15H,13H2,1-2H3,(H,22,24)/t15-/m1/s1. The zero-order valence-corrected chi connectivity index (χ0v) is 14.3. The van der Waals surface area contributed by atoms with E-state index in [4.69, 9.17) is 4.74 Å². The normalized spacial score (nSPS) is 11.8. The van der Waals surface area contributed by atoms with Gasteiger partial charge in [0.2, 0.25) is 0 Å². The summed E-state index contributed by atoms with van der Waals surface area (Å²) in [6, 6.07) is 15.2. The van der Waals surface area contributed by atoms with E-state index in [1.165, 1.54) is 0 Å². The SMILES string of the molecule is COc1ccc([C@@H](C)NC(=O)c2ccc(Cn3ccnc3)cc2)cc1. The van der Waals surface area contributed by atoms with Crippen LogP contribution in [-0.2, 0) is 6.54 Å². The molecule has 2 aromatic carbocycles. The molecule has 0 aliphatic carbocycles. The van der Waals surface area contributed by atoms with E-state index in [0.717, 1.165) is 23.4 Å². The molecule has 0 bridgehead atoms. The molecular weight excluding hydrogens is 314 g/mol. The Kier molecular flexibility index (Phi) is 5.14. The molecule has 1 heterocycles. The molecule has 1 N–H and O–H groups in total. The van der Waals surface area contributed by atoms with Gasteiger partial charge >= 0.3 is 0 Å². The molecule has 0 unspecified atom stereocenters. The number of nitrogens with zero attached hydrogens (tertiary/aromatic N) is 2. The number of amides is 1. The number of carbonyl (C=O) groups is 1. The van der Waals surface area contributed by atoms with Crippen LogP contribution in [0, 0.1) is 0 Å². The Balaban J connectivity index is 1.61. The smallest absolute Gasteiger partial charge is 0.251 e. The van der Waals surface area contributed by atoms with Crippen LogP contribution in [-0.4, -0.2) is 22.6 Å². The molecule has 1 atom stereocenters. The van der Waals surface area contributed by atoms with Crippen molar-refractivity contribution in [3.8, 4) is 5.75 Å². The van der Waals surface area contributed by atoms with Crippen LogP contribution in [0.3, 0.4) is 0 Å². The molecule has 25 heavy (non-hydrogen) atoms. The Morgan fingerprint density at radius 2 is 1.88 bits per heavy atom. The lowest BCUT2D eigenvalue weighted by atomic mass is 10.1. The lowest BCUT2D eigenvalue weighted by Crippen LogP contribution is -2.26. The first kappa shape index (κ1) is 16.8. The number of aromatic nitrogens is 2. The zero-order chi connectivity index (χ0) is 17.6. The molecule has 3 aromatic rings. The van der Waals surface area contributed by atoms with E-state index < -0.39 is 0 Å². The maximum Gasteiger partial charge on any atom is 0.251 e. The van der Waals surface area contributed by atoms with Crippen molar-refractivity contribution in [1.82, 2.24) is 14.9 Å². The minimum Gasteiger partial charge on any atom is -0.497 e. The van der Waals surface area contributed by atoms with Gasteiger partial charge < -0.3 is 14.6 Å². The topological polar surface area (TPSA) is 56.1 Å². The Hall–Kier alpha value is -3.08. The van der Waals surface area contributed by atoms with Gasteiger partial charge in [0.1, 0.15) is 5.75 Å². The third kappa shape index (κ3) is 4.26. The third-order valence-corrected chi connectivity index (χ3v) is 4.10. The van der Waals surface area contributed by atoms with Crippen LogP contribution in [0.2, 0.25) is 0 Å². The summed E-state index contributed by atoms with van der Waals surface area (Å²) in [6.45, 7) is 2.71. The van der Waals surface area contributed by atoms with Gasteiger partial charge in [-0.15, -0.1) is 0 Å². The molecule has 5 nitrogen and oxygen atoms in total. The largest absolute Gasteiger partial charge is 0.497 e. The van der Waals surface area contributed by atoms with Gasteiger partial charge in [-0.3, -0.25) is 4.79 Å². The molecule has 0 saturated carbocycles. The second-order valence-corrected chi connectivity index (χ2v) is 5.90. The van der Waals surface area contributed by atoms with E-state index >= 15 is 0 Å². The molecule has 1 aromatic heterocycles. The number of methoxy groups -OCH3 is 1. The molecular formula is C20H21N3O2. The van der Waals surface area contributed by atoms with Crippen molar-refractivity contribution in [2.75, 3.05) is 7.11 Å². The Morgan fingerprint density at radius 3 is 2.48 bits per heavy atom. The van der Waals surface area contributed by atoms with E-state index in [9.17, 15) is 4.79 Å². The number of carbonyl (C=O) groups excluding carboxylic acids is 1. The van der Waals surface area contributed by atoms with Crippen LogP contribution >= 0.6 is 0 Å². The summed E-state index contributed by atoms with van der Waals surface area (Å²) in [5, 5.41) is 3.02.